The Morgan fingerprint density at radius 2 is 1.75 bits per heavy atom. The number of pyridine rings is 1. The molecule has 5 heteroatoms. The molecule has 0 spiro atoms. The van der Waals surface area contributed by atoms with Gasteiger partial charge in [0.1, 0.15) is 0 Å². The Bertz CT molecular complexity index is 983. The highest BCUT2D eigenvalue weighted by atomic mass is 16.1. The molecule has 1 N–H and O–H groups in total. The number of aromatic nitrogens is 3. The number of nitrogens with zero attached hydrogens (tertiary/aromatic N) is 3. The Labute approximate surface area is 139 Å². The maximum Gasteiger partial charge on any atom is 0.264 e. The highest BCUT2D eigenvalue weighted by molar-refractivity contribution is 6.12. The zero-order chi connectivity index (χ0) is 16.7. The second-order valence-electron chi connectivity index (χ2n) is 6.36. The van der Waals surface area contributed by atoms with Crippen LogP contribution in [-0.2, 0) is 5.41 Å². The molecule has 1 aromatic carbocycles. The van der Waals surface area contributed by atoms with Gasteiger partial charge in [-0.3, -0.25) is 14.8 Å². The van der Waals surface area contributed by atoms with Crippen LogP contribution >= 0.6 is 0 Å². The van der Waals surface area contributed by atoms with Crippen molar-refractivity contribution in [1.82, 2.24) is 15.2 Å². The molecular weight excluding hydrogens is 300 g/mol. The van der Waals surface area contributed by atoms with Crippen molar-refractivity contribution in [3.63, 3.8) is 0 Å². The fourth-order valence-electron chi connectivity index (χ4n) is 3.12. The van der Waals surface area contributed by atoms with Crippen molar-refractivity contribution >= 4 is 11.4 Å². The highest BCUT2D eigenvalue weighted by Gasteiger charge is 2.35. The van der Waals surface area contributed by atoms with Gasteiger partial charge < -0.3 is 0 Å². The van der Waals surface area contributed by atoms with E-state index in [1.54, 1.807) is 18.5 Å². The third-order valence-electron chi connectivity index (χ3n) is 4.42. The van der Waals surface area contributed by atoms with Gasteiger partial charge in [0.05, 0.1) is 17.1 Å². The summed E-state index contributed by atoms with van der Waals surface area (Å²) in [5.41, 5.74) is 5.52. The van der Waals surface area contributed by atoms with Crippen LogP contribution in [0.3, 0.4) is 0 Å². The van der Waals surface area contributed by atoms with Crippen molar-refractivity contribution in [2.75, 3.05) is 0 Å². The zero-order valence-corrected chi connectivity index (χ0v) is 13.4. The van der Waals surface area contributed by atoms with E-state index in [1.807, 2.05) is 24.3 Å². The van der Waals surface area contributed by atoms with Crippen molar-refractivity contribution in [3.8, 4) is 11.3 Å². The lowest BCUT2D eigenvalue weighted by atomic mass is 9.78. The Hall–Kier alpha value is -3.08. The molecule has 0 radical (unpaired) electrons. The molecule has 0 aliphatic carbocycles. The fourth-order valence-corrected chi connectivity index (χ4v) is 3.12. The highest BCUT2D eigenvalue weighted by Crippen LogP contribution is 2.43. The summed E-state index contributed by atoms with van der Waals surface area (Å²) in [7, 11) is 0. The Morgan fingerprint density at radius 1 is 0.958 bits per heavy atom. The first-order chi connectivity index (χ1) is 11.6. The number of rotatable bonds is 2. The molecule has 3 aromatic rings. The molecule has 24 heavy (non-hydrogen) atoms. The third-order valence-corrected chi connectivity index (χ3v) is 4.42. The van der Waals surface area contributed by atoms with E-state index in [0.29, 0.717) is 0 Å². The molecule has 0 unspecified atom stereocenters. The van der Waals surface area contributed by atoms with Gasteiger partial charge in [-0.1, -0.05) is 19.9 Å². The van der Waals surface area contributed by atoms with Crippen LogP contribution in [-0.4, -0.2) is 20.9 Å². The lowest BCUT2D eigenvalue weighted by molar-refractivity contribution is 0.737. The number of hydrogen-bond donors (Lipinski definition) is 1. The summed E-state index contributed by atoms with van der Waals surface area (Å²) in [6.45, 7) is 4.34. The van der Waals surface area contributed by atoms with Gasteiger partial charge in [-0.15, -0.1) is 0 Å². The minimum atomic E-state index is -0.213. The summed E-state index contributed by atoms with van der Waals surface area (Å²) in [5, 5.41) is 6.60. The molecule has 0 atom stereocenters. The van der Waals surface area contributed by atoms with E-state index >= 15 is 0 Å². The second kappa shape index (κ2) is 5.23. The average Bonchev–Trinajstić information content (AvgIpc) is 2.87. The first-order valence-electron chi connectivity index (χ1n) is 7.76. The summed E-state index contributed by atoms with van der Waals surface area (Å²) in [5.74, 6) is 0. The lowest BCUT2D eigenvalue weighted by Gasteiger charge is -2.22. The molecule has 4 rings (SSSR count). The van der Waals surface area contributed by atoms with Gasteiger partial charge in [0.2, 0.25) is 0 Å². The van der Waals surface area contributed by atoms with E-state index in [2.05, 4.69) is 35.1 Å². The van der Waals surface area contributed by atoms with Crippen LogP contribution in [0.1, 0.15) is 25.0 Å². The number of benzene rings is 1. The molecular formula is C19H16N4O. The first kappa shape index (κ1) is 14.5. The van der Waals surface area contributed by atoms with Crippen molar-refractivity contribution in [1.29, 1.82) is 0 Å². The van der Waals surface area contributed by atoms with E-state index < -0.39 is 0 Å². The maximum atomic E-state index is 11.2. The van der Waals surface area contributed by atoms with Crippen molar-refractivity contribution in [2.24, 2.45) is 4.99 Å². The third kappa shape index (κ3) is 2.25. The standard InChI is InChI=1S/C19H16N4O/c1-19(2)14-11-13(15-5-6-17(24)23-22-15)3-4-16(14)21-18(19)12-7-9-20-10-8-12/h3-11H,1-2H3,(H,23,24). The number of H-pyrrole nitrogens is 1. The average molecular weight is 316 g/mol. The van der Waals surface area contributed by atoms with Gasteiger partial charge in [-0.05, 0) is 41.5 Å². The lowest BCUT2D eigenvalue weighted by Crippen LogP contribution is -2.26. The van der Waals surface area contributed by atoms with Crippen molar-refractivity contribution in [2.45, 2.75) is 19.3 Å². The van der Waals surface area contributed by atoms with E-state index in [1.165, 1.54) is 6.07 Å². The van der Waals surface area contributed by atoms with Crippen LogP contribution in [0.15, 0.2) is 64.6 Å². The van der Waals surface area contributed by atoms with Crippen LogP contribution in [0.5, 0.6) is 0 Å². The molecule has 0 saturated carbocycles. The van der Waals surface area contributed by atoms with Crippen LogP contribution < -0.4 is 5.56 Å². The number of aromatic amines is 1. The molecule has 2 aromatic heterocycles. The predicted molar refractivity (Wildman–Crippen MR) is 93.8 cm³/mol. The fraction of sp³-hybridized carbons (Fsp3) is 0.158. The van der Waals surface area contributed by atoms with Crippen LogP contribution in [0.25, 0.3) is 11.3 Å². The number of aliphatic imine (C=N–C) groups is 1. The Morgan fingerprint density at radius 3 is 2.46 bits per heavy atom. The minimum Gasteiger partial charge on any atom is -0.268 e. The summed E-state index contributed by atoms with van der Waals surface area (Å²) >= 11 is 0. The maximum absolute atomic E-state index is 11.2. The second-order valence-corrected chi connectivity index (χ2v) is 6.36. The summed E-state index contributed by atoms with van der Waals surface area (Å²) in [4.78, 5) is 20.1. The van der Waals surface area contributed by atoms with Gasteiger partial charge in [0.15, 0.2) is 0 Å². The molecule has 118 valence electrons. The van der Waals surface area contributed by atoms with Crippen LogP contribution in [0.4, 0.5) is 5.69 Å². The number of hydrogen-bond acceptors (Lipinski definition) is 4. The molecule has 0 amide bonds. The van der Waals surface area contributed by atoms with E-state index in [4.69, 9.17) is 4.99 Å². The largest absolute Gasteiger partial charge is 0.268 e. The van der Waals surface area contributed by atoms with Crippen LogP contribution in [0, 0.1) is 0 Å². The molecule has 0 saturated heterocycles. The first-order valence-corrected chi connectivity index (χ1v) is 7.76. The monoisotopic (exact) mass is 316 g/mol. The van der Waals surface area contributed by atoms with Gasteiger partial charge in [-0.25, -0.2) is 5.10 Å². The predicted octanol–water partition coefficient (Wildman–Crippen LogP) is 3.24. The summed E-state index contributed by atoms with van der Waals surface area (Å²) in [6, 6.07) is 13.3. The van der Waals surface area contributed by atoms with Crippen molar-refractivity contribution < 1.29 is 0 Å². The van der Waals surface area contributed by atoms with Crippen LogP contribution in [0.2, 0.25) is 0 Å². The van der Waals surface area contributed by atoms with Crippen molar-refractivity contribution in [3.05, 3.63) is 76.3 Å². The summed E-state index contributed by atoms with van der Waals surface area (Å²) in [6.07, 6.45) is 3.57. The zero-order valence-electron chi connectivity index (χ0n) is 13.4. The SMILES string of the molecule is CC1(C)C(c2ccncc2)=Nc2ccc(-c3ccc(=O)[nH]n3)cc21. The molecule has 0 fully saturated rings. The van der Waals surface area contributed by atoms with Gasteiger partial charge in [-0.2, -0.15) is 5.10 Å². The van der Waals surface area contributed by atoms with Gasteiger partial charge in [0, 0.05) is 29.4 Å². The molecule has 1 aliphatic heterocycles. The normalized spacial score (nSPS) is 15.0. The molecule has 1 aliphatic rings. The number of nitrogens with one attached hydrogen (secondary N) is 1. The Balaban J connectivity index is 1.80. The minimum absolute atomic E-state index is 0.205. The molecule has 0 bridgehead atoms. The van der Waals surface area contributed by atoms with E-state index in [-0.39, 0.29) is 11.0 Å². The smallest absolute Gasteiger partial charge is 0.264 e. The Kier molecular flexibility index (Phi) is 3.16. The summed E-state index contributed by atoms with van der Waals surface area (Å²) < 4.78 is 0. The molecule has 5 nitrogen and oxygen atoms in total. The van der Waals surface area contributed by atoms with Gasteiger partial charge in [0.25, 0.3) is 5.56 Å². The van der Waals surface area contributed by atoms with E-state index in [0.717, 1.165) is 33.8 Å². The quantitative estimate of drug-likeness (QED) is 0.789. The number of fused-ring (bicyclic) bond motifs is 1. The van der Waals surface area contributed by atoms with Gasteiger partial charge >= 0.3 is 0 Å². The topological polar surface area (TPSA) is 71.0 Å². The molecule has 3 heterocycles. The van der Waals surface area contributed by atoms with E-state index in [9.17, 15) is 4.79 Å².